The standard InChI is InChI=1S/C40H49N5O8S/c46-36-35-23-32(53-41-25-27-17-19-29(20-18-27)28-11-5-4-6-12-28)26-45(35)37(47)34(42-39(49)52-31-14-9-10-15-31)16-8-3-1-2-7-13-30-24-40(30,43-36)38(48)44-54(50,51)33-21-22-33/h4-7,11-13,17-20,25,30-35H,1-3,8-10,14-16,21-24,26H2,(H,42,49)(H,43,46)(H,44,48)/b13-7-,41-25+/t30-,32-,34+,35+,40?/m1/s1. The molecule has 5 atom stereocenters. The van der Waals surface area contributed by atoms with E-state index in [1.807, 2.05) is 66.7 Å². The topological polar surface area (TPSA) is 173 Å². The Kier molecular flexibility index (Phi) is 11.4. The molecule has 4 amide bonds. The van der Waals surface area contributed by atoms with Gasteiger partial charge in [0, 0.05) is 12.3 Å². The maximum atomic E-state index is 14.4. The highest BCUT2D eigenvalue weighted by molar-refractivity contribution is 7.91. The van der Waals surface area contributed by atoms with Gasteiger partial charge in [0.2, 0.25) is 21.8 Å². The molecule has 4 fully saturated rings. The van der Waals surface area contributed by atoms with Gasteiger partial charge in [-0.1, -0.05) is 84.7 Å². The first-order valence-corrected chi connectivity index (χ1v) is 20.8. The van der Waals surface area contributed by atoms with Crippen LogP contribution in [0.3, 0.4) is 0 Å². The van der Waals surface area contributed by atoms with Crippen LogP contribution in [0.2, 0.25) is 0 Å². The Morgan fingerprint density at radius 1 is 0.889 bits per heavy atom. The van der Waals surface area contributed by atoms with E-state index in [0.717, 1.165) is 55.2 Å². The third kappa shape index (κ3) is 8.97. The number of hydrogen-bond acceptors (Lipinski definition) is 9. The molecule has 0 bridgehead atoms. The van der Waals surface area contributed by atoms with Crippen molar-refractivity contribution in [3.05, 3.63) is 72.3 Å². The maximum Gasteiger partial charge on any atom is 0.408 e. The summed E-state index contributed by atoms with van der Waals surface area (Å²) >= 11 is 0. The number of allylic oxidation sites excluding steroid dienone is 1. The second kappa shape index (κ2) is 16.3. The molecule has 2 aliphatic heterocycles. The van der Waals surface area contributed by atoms with E-state index < -0.39 is 68.7 Å². The van der Waals surface area contributed by atoms with E-state index in [2.05, 4.69) is 20.5 Å². The maximum absolute atomic E-state index is 14.4. The van der Waals surface area contributed by atoms with Crippen LogP contribution in [0.15, 0.2) is 71.9 Å². The van der Waals surface area contributed by atoms with Crippen molar-refractivity contribution in [1.29, 1.82) is 0 Å². The van der Waals surface area contributed by atoms with Crippen LogP contribution in [0.5, 0.6) is 0 Å². The number of nitrogens with one attached hydrogen (secondary N) is 3. The van der Waals surface area contributed by atoms with Gasteiger partial charge in [-0.2, -0.15) is 0 Å². The van der Waals surface area contributed by atoms with Crippen LogP contribution in [0.25, 0.3) is 11.1 Å². The van der Waals surface area contributed by atoms with Crippen LogP contribution < -0.4 is 15.4 Å². The Balaban J connectivity index is 1.10. The first kappa shape index (κ1) is 37.6. The first-order valence-electron chi connectivity index (χ1n) is 19.3. The summed E-state index contributed by atoms with van der Waals surface area (Å²) in [5.74, 6) is -2.24. The minimum absolute atomic E-state index is 0.00957. The molecule has 0 aromatic heterocycles. The molecule has 1 unspecified atom stereocenters. The van der Waals surface area contributed by atoms with E-state index >= 15 is 0 Å². The fourth-order valence-corrected chi connectivity index (χ4v) is 9.11. The van der Waals surface area contributed by atoms with E-state index in [-0.39, 0.29) is 25.5 Å². The molecule has 3 N–H and O–H groups in total. The highest BCUT2D eigenvalue weighted by atomic mass is 32.2. The van der Waals surface area contributed by atoms with Crippen molar-refractivity contribution in [3.63, 3.8) is 0 Å². The molecule has 2 heterocycles. The molecular weight excluding hydrogens is 711 g/mol. The number of hydrogen-bond donors (Lipinski definition) is 3. The molecule has 0 spiro atoms. The van der Waals surface area contributed by atoms with E-state index in [0.29, 0.717) is 32.1 Å². The molecule has 288 valence electrons. The van der Waals surface area contributed by atoms with Gasteiger partial charge in [-0.25, -0.2) is 13.2 Å². The summed E-state index contributed by atoms with van der Waals surface area (Å²) in [4.78, 5) is 62.5. The normalized spacial score (nSPS) is 28.6. The average Bonchev–Trinajstić information content (AvgIpc) is 4.04. The predicted octanol–water partition coefficient (Wildman–Crippen LogP) is 4.71. The van der Waals surface area contributed by atoms with Crippen molar-refractivity contribution in [1.82, 2.24) is 20.3 Å². The van der Waals surface area contributed by atoms with Gasteiger partial charge in [-0.15, -0.1) is 0 Å². The fourth-order valence-electron chi connectivity index (χ4n) is 7.74. The summed E-state index contributed by atoms with van der Waals surface area (Å²) in [7, 11) is -3.87. The van der Waals surface area contributed by atoms with Gasteiger partial charge in [-0.3, -0.25) is 19.1 Å². The molecule has 1 saturated heterocycles. The molecule has 3 aliphatic carbocycles. The third-order valence-corrected chi connectivity index (χ3v) is 13.0. The highest BCUT2D eigenvalue weighted by Gasteiger charge is 2.62. The lowest BCUT2D eigenvalue weighted by Crippen LogP contribution is -2.58. The van der Waals surface area contributed by atoms with Crippen LogP contribution in [0.1, 0.15) is 89.0 Å². The van der Waals surface area contributed by atoms with Gasteiger partial charge >= 0.3 is 6.09 Å². The van der Waals surface area contributed by atoms with Crippen LogP contribution in [0, 0.1) is 5.92 Å². The quantitative estimate of drug-likeness (QED) is 0.187. The Labute approximate surface area is 316 Å². The first-order chi connectivity index (χ1) is 26.1. The Bertz CT molecular complexity index is 1860. The Morgan fingerprint density at radius 2 is 1.61 bits per heavy atom. The summed E-state index contributed by atoms with van der Waals surface area (Å²) in [5.41, 5.74) is 1.46. The molecule has 14 heteroatoms. The van der Waals surface area contributed by atoms with Gasteiger partial charge in [0.25, 0.3) is 5.91 Å². The van der Waals surface area contributed by atoms with Crippen molar-refractivity contribution in [2.45, 2.75) is 119 Å². The van der Waals surface area contributed by atoms with E-state index in [9.17, 15) is 27.6 Å². The average molecular weight is 760 g/mol. The summed E-state index contributed by atoms with van der Waals surface area (Å²) in [6, 6.07) is 15.8. The Morgan fingerprint density at radius 3 is 2.35 bits per heavy atom. The molecule has 2 aromatic rings. The second-order valence-electron chi connectivity index (χ2n) is 15.2. The van der Waals surface area contributed by atoms with Gasteiger partial charge in [0.1, 0.15) is 29.8 Å². The molecule has 13 nitrogen and oxygen atoms in total. The summed E-state index contributed by atoms with van der Waals surface area (Å²) in [6.07, 6.45) is 12.0. The predicted molar refractivity (Wildman–Crippen MR) is 201 cm³/mol. The van der Waals surface area contributed by atoms with Crippen LogP contribution >= 0.6 is 0 Å². The number of nitrogens with zero attached hydrogens (tertiary/aromatic N) is 2. The fraction of sp³-hybridized carbons (Fsp3) is 0.525. The van der Waals surface area contributed by atoms with Crippen molar-refractivity contribution in [2.24, 2.45) is 11.1 Å². The Hall–Kier alpha value is -4.72. The second-order valence-corrected chi connectivity index (χ2v) is 17.2. The molecular formula is C40H49N5O8S. The minimum atomic E-state index is -3.87. The number of fused-ring (bicyclic) bond motifs is 2. The minimum Gasteiger partial charge on any atom is -0.446 e. The van der Waals surface area contributed by atoms with Crippen LogP contribution in [-0.4, -0.2) is 85.0 Å². The van der Waals surface area contributed by atoms with Gasteiger partial charge < -0.3 is 25.1 Å². The monoisotopic (exact) mass is 759 g/mol. The third-order valence-electron chi connectivity index (χ3n) is 11.1. The van der Waals surface area contributed by atoms with Gasteiger partial charge in [0.15, 0.2) is 0 Å². The van der Waals surface area contributed by atoms with Crippen molar-refractivity contribution >= 4 is 40.1 Å². The largest absolute Gasteiger partial charge is 0.446 e. The number of sulfonamides is 1. The van der Waals surface area contributed by atoms with E-state index in [4.69, 9.17) is 9.57 Å². The molecule has 7 rings (SSSR count). The van der Waals surface area contributed by atoms with Gasteiger partial charge in [0.05, 0.1) is 18.0 Å². The van der Waals surface area contributed by atoms with Crippen LogP contribution in [0.4, 0.5) is 4.79 Å². The molecule has 3 saturated carbocycles. The zero-order valence-corrected chi connectivity index (χ0v) is 31.2. The SMILES string of the molecule is O=C(N[C@H]1CCCCC/C=C\[C@@H]2CC2(C(=O)NS(=O)(=O)C2CC2)NC(=O)[C@@H]2C[C@@H](O/N=C/c3ccc(-c4ccccc4)cc3)CN2C1=O)OC1CCCC1. The number of amides is 4. The summed E-state index contributed by atoms with van der Waals surface area (Å²) in [6.45, 7) is 0.00957. The molecule has 5 aliphatic rings. The number of carbonyl (C=O) groups is 4. The lowest BCUT2D eigenvalue weighted by molar-refractivity contribution is -0.141. The lowest BCUT2D eigenvalue weighted by Gasteiger charge is -2.30. The smallest absolute Gasteiger partial charge is 0.408 e. The zero-order valence-electron chi connectivity index (χ0n) is 30.4. The number of oxime groups is 1. The molecule has 0 radical (unpaired) electrons. The number of alkyl carbamates (subject to hydrolysis) is 1. The van der Waals surface area contributed by atoms with Crippen LogP contribution in [-0.2, 0) is 34.0 Å². The van der Waals surface area contributed by atoms with Gasteiger partial charge in [-0.05, 0) is 80.9 Å². The molecule has 2 aromatic carbocycles. The highest BCUT2D eigenvalue weighted by Crippen LogP contribution is 2.46. The molecule has 54 heavy (non-hydrogen) atoms. The summed E-state index contributed by atoms with van der Waals surface area (Å²) in [5, 5.41) is 9.26. The van der Waals surface area contributed by atoms with Crippen molar-refractivity contribution in [3.8, 4) is 11.1 Å². The van der Waals surface area contributed by atoms with Crippen molar-refractivity contribution in [2.75, 3.05) is 6.54 Å². The zero-order chi connectivity index (χ0) is 37.7. The number of rotatable bonds is 9. The number of carbonyl (C=O) groups excluding carboxylic acids is 4. The lowest BCUT2D eigenvalue weighted by atomic mass is 10.0. The number of ether oxygens (including phenoxy) is 1. The number of benzene rings is 2. The van der Waals surface area contributed by atoms with E-state index in [1.54, 1.807) is 6.21 Å². The summed E-state index contributed by atoms with van der Waals surface area (Å²) < 4.78 is 33.4. The van der Waals surface area contributed by atoms with Crippen molar-refractivity contribution < 1.29 is 37.2 Å². The van der Waals surface area contributed by atoms with E-state index in [1.165, 1.54) is 4.90 Å².